The van der Waals surface area contributed by atoms with E-state index in [9.17, 15) is 9.59 Å². The van der Waals surface area contributed by atoms with Crippen LogP contribution in [0.15, 0.2) is 60.8 Å². The highest BCUT2D eigenvalue weighted by atomic mass is 32.1. The van der Waals surface area contributed by atoms with Gasteiger partial charge in [0.25, 0.3) is 0 Å². The van der Waals surface area contributed by atoms with Crippen molar-refractivity contribution < 1.29 is 19.4 Å². The first-order valence-corrected chi connectivity index (χ1v) is 10.5. The number of carbonyl (C=O) groups excluding carboxylic acids is 1. The topological polar surface area (TPSA) is 68.5 Å². The minimum atomic E-state index is -1.21. The molecule has 1 N–H and O–H groups in total. The summed E-state index contributed by atoms with van der Waals surface area (Å²) in [6, 6.07) is 15.2. The quantitative estimate of drug-likeness (QED) is 0.481. The van der Waals surface area contributed by atoms with Crippen LogP contribution in [0.2, 0.25) is 0 Å². The third kappa shape index (κ3) is 5.34. The Hall–Kier alpha value is -2.96. The van der Waals surface area contributed by atoms with Crippen LogP contribution in [-0.4, -0.2) is 27.0 Å². The van der Waals surface area contributed by atoms with Gasteiger partial charge in [-0.2, -0.15) is 0 Å². The summed E-state index contributed by atoms with van der Waals surface area (Å²) in [5.74, 6) is -0.980. The minimum absolute atomic E-state index is 0.00463. The van der Waals surface area contributed by atoms with Crippen molar-refractivity contribution in [3.8, 4) is 0 Å². The molecule has 0 fully saturated rings. The van der Waals surface area contributed by atoms with E-state index in [1.165, 1.54) is 13.8 Å². The maximum atomic E-state index is 12.8. The molecule has 0 unspecified atom stereocenters. The molecule has 0 saturated heterocycles. The lowest BCUT2D eigenvalue weighted by atomic mass is 10.1. The van der Waals surface area contributed by atoms with Gasteiger partial charge in [-0.15, -0.1) is 11.3 Å². The molecule has 0 saturated carbocycles. The Labute approximate surface area is 180 Å². The van der Waals surface area contributed by atoms with Gasteiger partial charge in [0.2, 0.25) is 5.78 Å². The van der Waals surface area contributed by atoms with Crippen LogP contribution in [0.3, 0.4) is 0 Å². The van der Waals surface area contributed by atoms with Crippen molar-refractivity contribution in [2.45, 2.75) is 39.5 Å². The van der Waals surface area contributed by atoms with Crippen molar-refractivity contribution in [1.82, 2.24) is 4.57 Å². The number of rotatable bonds is 9. The van der Waals surface area contributed by atoms with Gasteiger partial charge in [0.15, 0.2) is 5.60 Å². The van der Waals surface area contributed by atoms with E-state index in [-0.39, 0.29) is 12.4 Å². The Balaban J connectivity index is 1.61. The third-order valence-electron chi connectivity index (χ3n) is 4.73. The Morgan fingerprint density at radius 2 is 1.87 bits per heavy atom. The van der Waals surface area contributed by atoms with Crippen molar-refractivity contribution >= 4 is 29.2 Å². The molecule has 3 rings (SSSR count). The second kappa shape index (κ2) is 9.24. The maximum absolute atomic E-state index is 12.8. The van der Waals surface area contributed by atoms with Gasteiger partial charge < -0.3 is 14.4 Å². The van der Waals surface area contributed by atoms with E-state index < -0.39 is 11.6 Å². The predicted octanol–water partition coefficient (Wildman–Crippen LogP) is 5.18. The Kier molecular flexibility index (Phi) is 6.70. The van der Waals surface area contributed by atoms with E-state index in [1.807, 2.05) is 78.4 Å². The lowest BCUT2D eigenvalue weighted by Crippen LogP contribution is -2.34. The zero-order chi connectivity index (χ0) is 21.7. The summed E-state index contributed by atoms with van der Waals surface area (Å²) >= 11 is 1.55. The van der Waals surface area contributed by atoms with Crippen LogP contribution in [0.1, 0.15) is 45.2 Å². The fourth-order valence-electron chi connectivity index (χ4n) is 2.79. The largest absolute Gasteiger partial charge is 0.479 e. The second-order valence-electron chi connectivity index (χ2n) is 7.55. The van der Waals surface area contributed by atoms with Gasteiger partial charge in [-0.05, 0) is 51.1 Å². The molecule has 30 heavy (non-hydrogen) atoms. The molecule has 6 heteroatoms. The van der Waals surface area contributed by atoms with Crippen LogP contribution in [0.4, 0.5) is 0 Å². The number of carbonyl (C=O) groups is 2. The van der Waals surface area contributed by atoms with E-state index in [0.29, 0.717) is 17.8 Å². The normalized spacial score (nSPS) is 11.8. The van der Waals surface area contributed by atoms with Crippen molar-refractivity contribution in [3.05, 3.63) is 87.4 Å². The molecule has 1 aromatic carbocycles. The molecule has 156 valence electrons. The summed E-state index contributed by atoms with van der Waals surface area (Å²) in [5, 5.41) is 9.12. The zero-order valence-corrected chi connectivity index (χ0v) is 18.1. The number of allylic oxidation sites excluding steroid dienone is 1. The van der Waals surface area contributed by atoms with Gasteiger partial charge in [0, 0.05) is 28.1 Å². The molecular weight excluding hydrogens is 398 g/mol. The number of carboxylic acids is 1. The Bertz CT molecular complexity index is 1060. The van der Waals surface area contributed by atoms with Crippen LogP contribution < -0.4 is 0 Å². The first-order valence-electron chi connectivity index (χ1n) is 9.65. The number of aromatic nitrogens is 1. The van der Waals surface area contributed by atoms with E-state index in [4.69, 9.17) is 9.84 Å². The smallest absolute Gasteiger partial charge is 0.335 e. The predicted molar refractivity (Wildman–Crippen MR) is 119 cm³/mol. The van der Waals surface area contributed by atoms with Gasteiger partial charge in [-0.25, -0.2) is 4.79 Å². The van der Waals surface area contributed by atoms with Crippen molar-refractivity contribution in [2.24, 2.45) is 0 Å². The molecule has 2 aromatic heterocycles. The highest BCUT2D eigenvalue weighted by Gasteiger charge is 2.27. The van der Waals surface area contributed by atoms with Crippen LogP contribution in [0.5, 0.6) is 0 Å². The number of aryl methyl sites for hydroxylation is 1. The highest BCUT2D eigenvalue weighted by molar-refractivity contribution is 7.12. The molecule has 3 aromatic rings. The van der Waals surface area contributed by atoms with Crippen LogP contribution >= 0.6 is 11.3 Å². The van der Waals surface area contributed by atoms with Crippen LogP contribution in [-0.2, 0) is 22.7 Å². The maximum Gasteiger partial charge on any atom is 0.335 e. The summed E-state index contributed by atoms with van der Waals surface area (Å²) in [5.41, 5.74) is 1.24. The number of aliphatic carboxylic acids is 1. The number of nitrogens with zero attached hydrogens (tertiary/aromatic N) is 1. The molecule has 0 radical (unpaired) electrons. The van der Waals surface area contributed by atoms with Gasteiger partial charge in [-0.3, -0.25) is 4.79 Å². The molecule has 0 bridgehead atoms. The van der Waals surface area contributed by atoms with Gasteiger partial charge >= 0.3 is 5.97 Å². The Morgan fingerprint density at radius 3 is 2.57 bits per heavy atom. The fourth-order valence-corrected chi connectivity index (χ4v) is 3.65. The monoisotopic (exact) mass is 423 g/mol. The standard InChI is InChI=1S/C24H25NO4S/c1-17-8-10-18(11-9-17)22(26)21-7-5-15-25(21)14-4-6-19-12-13-20(30-19)16-29-24(2,3)23(27)28/h4-13,15H,14,16H2,1-3H3,(H,27,28). The number of hydrogen-bond donors (Lipinski definition) is 1. The molecule has 2 heterocycles. The second-order valence-corrected chi connectivity index (χ2v) is 8.75. The van der Waals surface area contributed by atoms with E-state index in [1.54, 1.807) is 11.3 Å². The molecule has 0 aliphatic heterocycles. The molecule has 0 spiro atoms. The Morgan fingerprint density at radius 1 is 1.13 bits per heavy atom. The molecule has 0 atom stereocenters. The van der Waals surface area contributed by atoms with E-state index >= 15 is 0 Å². The summed E-state index contributed by atoms with van der Waals surface area (Å²) in [4.78, 5) is 25.9. The molecular formula is C24H25NO4S. The van der Waals surface area contributed by atoms with Crippen LogP contribution in [0, 0.1) is 6.92 Å². The summed E-state index contributed by atoms with van der Waals surface area (Å²) in [7, 11) is 0. The molecule has 0 aliphatic rings. The van der Waals surface area contributed by atoms with E-state index in [2.05, 4.69) is 0 Å². The van der Waals surface area contributed by atoms with Gasteiger partial charge in [-0.1, -0.05) is 35.9 Å². The van der Waals surface area contributed by atoms with Crippen molar-refractivity contribution in [1.29, 1.82) is 0 Å². The summed E-state index contributed by atoms with van der Waals surface area (Å²) < 4.78 is 7.41. The average molecular weight is 424 g/mol. The van der Waals surface area contributed by atoms with Crippen molar-refractivity contribution in [2.75, 3.05) is 0 Å². The molecule has 0 aliphatic carbocycles. The lowest BCUT2D eigenvalue weighted by molar-refractivity contribution is -0.162. The average Bonchev–Trinajstić information content (AvgIpc) is 3.36. The van der Waals surface area contributed by atoms with Crippen LogP contribution in [0.25, 0.3) is 6.08 Å². The van der Waals surface area contributed by atoms with E-state index in [0.717, 1.165) is 15.3 Å². The summed E-state index contributed by atoms with van der Waals surface area (Å²) in [6.07, 6.45) is 5.90. The molecule has 5 nitrogen and oxygen atoms in total. The van der Waals surface area contributed by atoms with Gasteiger partial charge in [0.05, 0.1) is 12.3 Å². The summed E-state index contributed by atoms with van der Waals surface area (Å²) in [6.45, 7) is 5.91. The number of carboxylic acid groups (broad SMARTS) is 1. The minimum Gasteiger partial charge on any atom is -0.479 e. The number of ether oxygens (including phenoxy) is 1. The number of hydrogen-bond acceptors (Lipinski definition) is 4. The highest BCUT2D eigenvalue weighted by Crippen LogP contribution is 2.22. The first kappa shape index (κ1) is 21.7. The number of benzene rings is 1. The first-order chi connectivity index (χ1) is 14.3. The zero-order valence-electron chi connectivity index (χ0n) is 17.3. The molecule has 0 amide bonds. The number of ketones is 1. The fraction of sp³-hybridized carbons (Fsp3) is 0.250. The third-order valence-corrected chi connectivity index (χ3v) is 5.76. The van der Waals surface area contributed by atoms with Crippen molar-refractivity contribution in [3.63, 3.8) is 0 Å². The SMILES string of the molecule is Cc1ccc(C(=O)c2cccn2CC=Cc2ccc(COC(C)(C)C(=O)O)s2)cc1. The lowest BCUT2D eigenvalue weighted by Gasteiger charge is -2.19. The van der Waals surface area contributed by atoms with Gasteiger partial charge in [0.1, 0.15) is 0 Å². The number of thiophene rings is 1.